The summed E-state index contributed by atoms with van der Waals surface area (Å²) >= 11 is 5.62. The molecule has 5 nitrogen and oxygen atoms in total. The fourth-order valence-corrected chi connectivity index (χ4v) is 4.05. The molecule has 0 spiro atoms. The van der Waals surface area contributed by atoms with Gasteiger partial charge in [-0.1, -0.05) is 36.4 Å². The smallest absolute Gasteiger partial charge is 0.337 e. The van der Waals surface area contributed by atoms with Crippen LogP contribution in [0.4, 0.5) is 0 Å². The number of nitrogens with zero attached hydrogens (tertiary/aromatic N) is 1. The number of nitrogens with one attached hydrogen (secondary N) is 1. The van der Waals surface area contributed by atoms with Gasteiger partial charge < -0.3 is 19.7 Å². The largest absolute Gasteiger partial charge is 0.466 e. The third-order valence-electron chi connectivity index (χ3n) is 4.89. The summed E-state index contributed by atoms with van der Waals surface area (Å²) in [6.45, 7) is 4.40. The Morgan fingerprint density at radius 2 is 1.93 bits per heavy atom. The van der Waals surface area contributed by atoms with Gasteiger partial charge in [0.25, 0.3) is 0 Å². The third kappa shape index (κ3) is 3.68. The Labute approximate surface area is 164 Å². The molecule has 1 heterocycles. The highest BCUT2D eigenvalue weighted by atomic mass is 32.1. The van der Waals surface area contributed by atoms with Crippen molar-refractivity contribution >= 4 is 34.1 Å². The quantitative estimate of drug-likeness (QED) is 0.628. The zero-order chi connectivity index (χ0) is 19.6. The standard InChI is InChI=1S/C21H24N2O3S/c1-13(12-25-3)23-14(2)18(20(24)26-4)19(22-21(23)27)17-10-9-15-7-5-6-8-16(15)11-17/h5-11,13,19H,12H2,1-4H3,(H,22,27)/t13-,19+/m1/s1. The van der Waals surface area contributed by atoms with E-state index in [1.807, 2.05) is 36.9 Å². The van der Waals surface area contributed by atoms with Crippen LogP contribution < -0.4 is 5.32 Å². The minimum absolute atomic E-state index is 0.00721. The molecule has 6 heteroatoms. The summed E-state index contributed by atoms with van der Waals surface area (Å²) in [7, 11) is 3.05. The van der Waals surface area contributed by atoms with Gasteiger partial charge in [-0.05, 0) is 48.5 Å². The molecular formula is C21H24N2O3S. The van der Waals surface area contributed by atoms with Crippen molar-refractivity contribution in [3.63, 3.8) is 0 Å². The highest BCUT2D eigenvalue weighted by Gasteiger charge is 2.36. The van der Waals surface area contributed by atoms with Crippen LogP contribution in [0.5, 0.6) is 0 Å². The summed E-state index contributed by atoms with van der Waals surface area (Å²) in [6, 6.07) is 13.9. The number of thiocarbonyl (C=S) groups is 1. The van der Waals surface area contributed by atoms with Crippen LogP contribution in [0.1, 0.15) is 25.5 Å². The van der Waals surface area contributed by atoms with Crippen molar-refractivity contribution in [3.8, 4) is 0 Å². The lowest BCUT2D eigenvalue weighted by atomic mass is 9.93. The monoisotopic (exact) mass is 384 g/mol. The molecular weight excluding hydrogens is 360 g/mol. The first-order valence-electron chi connectivity index (χ1n) is 8.84. The Morgan fingerprint density at radius 1 is 1.22 bits per heavy atom. The molecule has 0 fully saturated rings. The van der Waals surface area contributed by atoms with Crippen LogP contribution in [0.15, 0.2) is 53.7 Å². The predicted octanol–water partition coefficient (Wildman–Crippen LogP) is 3.55. The van der Waals surface area contributed by atoms with Gasteiger partial charge in [0.1, 0.15) is 0 Å². The number of esters is 1. The molecule has 0 aliphatic carbocycles. The molecule has 1 N–H and O–H groups in total. The highest BCUT2D eigenvalue weighted by Crippen LogP contribution is 2.33. The van der Waals surface area contributed by atoms with E-state index in [4.69, 9.17) is 21.7 Å². The number of allylic oxidation sites excluding steroid dienone is 1. The zero-order valence-corrected chi connectivity index (χ0v) is 16.8. The summed E-state index contributed by atoms with van der Waals surface area (Å²) < 4.78 is 10.4. The number of methoxy groups -OCH3 is 2. The topological polar surface area (TPSA) is 50.8 Å². The summed E-state index contributed by atoms with van der Waals surface area (Å²) in [4.78, 5) is 14.6. The highest BCUT2D eigenvalue weighted by molar-refractivity contribution is 7.80. The fourth-order valence-electron chi connectivity index (χ4n) is 3.62. The lowest BCUT2D eigenvalue weighted by molar-refractivity contribution is -0.136. The van der Waals surface area contributed by atoms with Gasteiger partial charge in [-0.25, -0.2) is 4.79 Å². The van der Waals surface area contributed by atoms with Crippen LogP contribution in [0.3, 0.4) is 0 Å². The van der Waals surface area contributed by atoms with Crippen LogP contribution in [-0.4, -0.2) is 42.8 Å². The molecule has 142 valence electrons. The number of benzene rings is 2. The lowest BCUT2D eigenvalue weighted by Gasteiger charge is -2.40. The Bertz CT molecular complexity index is 909. The molecule has 0 saturated heterocycles. The maximum atomic E-state index is 12.6. The summed E-state index contributed by atoms with van der Waals surface area (Å²) in [6.07, 6.45) is 0. The van der Waals surface area contributed by atoms with Crippen molar-refractivity contribution in [2.45, 2.75) is 25.9 Å². The lowest BCUT2D eigenvalue weighted by Crippen LogP contribution is -2.52. The molecule has 3 rings (SSSR count). The summed E-state index contributed by atoms with van der Waals surface area (Å²) in [5, 5.41) is 6.16. The Kier molecular flexibility index (Phi) is 5.77. The van der Waals surface area contributed by atoms with Crippen LogP contribution in [0.2, 0.25) is 0 Å². The van der Waals surface area contributed by atoms with Crippen molar-refractivity contribution in [3.05, 3.63) is 59.3 Å². The minimum Gasteiger partial charge on any atom is -0.466 e. The Morgan fingerprint density at radius 3 is 2.59 bits per heavy atom. The van der Waals surface area contributed by atoms with E-state index in [1.54, 1.807) is 7.11 Å². The van der Waals surface area contributed by atoms with Crippen molar-refractivity contribution in [2.24, 2.45) is 0 Å². The van der Waals surface area contributed by atoms with E-state index in [0.717, 1.165) is 22.0 Å². The third-order valence-corrected chi connectivity index (χ3v) is 5.20. The average molecular weight is 385 g/mol. The van der Waals surface area contributed by atoms with Crippen LogP contribution in [0.25, 0.3) is 10.8 Å². The van der Waals surface area contributed by atoms with Gasteiger partial charge in [0, 0.05) is 12.8 Å². The molecule has 1 aliphatic rings. The SMILES string of the molecule is COC[C@@H](C)N1C(=S)N[C@@H](c2ccc3ccccc3c2)C(C(=O)OC)=C1C. The van der Waals surface area contributed by atoms with Crippen LogP contribution in [0, 0.1) is 0 Å². The number of hydrogen-bond donors (Lipinski definition) is 1. The normalized spacial score (nSPS) is 18.4. The molecule has 0 unspecified atom stereocenters. The van der Waals surface area contributed by atoms with E-state index in [-0.39, 0.29) is 18.1 Å². The van der Waals surface area contributed by atoms with Gasteiger partial charge >= 0.3 is 5.97 Å². The first kappa shape index (κ1) is 19.3. The van der Waals surface area contributed by atoms with Crippen LogP contribution in [-0.2, 0) is 14.3 Å². The molecule has 0 bridgehead atoms. The molecule has 27 heavy (non-hydrogen) atoms. The van der Waals surface area contributed by atoms with Gasteiger partial charge in [0.05, 0.1) is 31.4 Å². The molecule has 2 atom stereocenters. The molecule has 0 radical (unpaired) electrons. The van der Waals surface area contributed by atoms with E-state index >= 15 is 0 Å². The summed E-state index contributed by atoms with van der Waals surface area (Å²) in [5.74, 6) is -0.365. The fraction of sp³-hybridized carbons (Fsp3) is 0.333. The van der Waals surface area contributed by atoms with Gasteiger partial charge in [-0.3, -0.25) is 0 Å². The predicted molar refractivity (Wildman–Crippen MR) is 110 cm³/mol. The van der Waals surface area contributed by atoms with Gasteiger partial charge in [0.15, 0.2) is 5.11 Å². The number of carbonyl (C=O) groups excluding carboxylic acids is 1. The van der Waals surface area contributed by atoms with Crippen molar-refractivity contribution < 1.29 is 14.3 Å². The minimum atomic E-state index is -0.365. The molecule has 2 aromatic rings. The number of carbonyl (C=O) groups is 1. The molecule has 0 saturated carbocycles. The van der Waals surface area contributed by atoms with E-state index in [2.05, 4.69) is 29.6 Å². The summed E-state index contributed by atoms with van der Waals surface area (Å²) in [5.41, 5.74) is 2.31. The van der Waals surface area contributed by atoms with E-state index in [9.17, 15) is 4.79 Å². The van der Waals surface area contributed by atoms with Gasteiger partial charge in [-0.15, -0.1) is 0 Å². The van der Waals surface area contributed by atoms with Crippen molar-refractivity contribution in [1.29, 1.82) is 0 Å². The van der Waals surface area contributed by atoms with Gasteiger partial charge in [-0.2, -0.15) is 0 Å². The molecule has 0 aromatic heterocycles. The first-order valence-corrected chi connectivity index (χ1v) is 9.25. The number of ether oxygens (including phenoxy) is 2. The molecule has 1 aliphatic heterocycles. The zero-order valence-electron chi connectivity index (χ0n) is 16.0. The first-order chi connectivity index (χ1) is 13.0. The maximum absolute atomic E-state index is 12.6. The Balaban J connectivity index is 2.10. The van der Waals surface area contributed by atoms with Crippen LogP contribution >= 0.6 is 12.2 Å². The average Bonchev–Trinajstić information content (AvgIpc) is 2.66. The van der Waals surface area contributed by atoms with E-state index < -0.39 is 0 Å². The second-order valence-electron chi connectivity index (χ2n) is 6.65. The molecule has 0 amide bonds. The molecule has 2 aromatic carbocycles. The van der Waals surface area contributed by atoms with E-state index in [0.29, 0.717) is 17.3 Å². The maximum Gasteiger partial charge on any atom is 0.337 e. The second-order valence-corrected chi connectivity index (χ2v) is 7.04. The van der Waals surface area contributed by atoms with E-state index in [1.165, 1.54) is 7.11 Å². The second kappa shape index (κ2) is 8.06. The number of fused-ring (bicyclic) bond motifs is 1. The van der Waals surface area contributed by atoms with Gasteiger partial charge in [0.2, 0.25) is 0 Å². The number of hydrogen-bond acceptors (Lipinski definition) is 4. The number of rotatable bonds is 5. The van der Waals surface area contributed by atoms with Crippen molar-refractivity contribution in [2.75, 3.05) is 20.8 Å². The Hall–Kier alpha value is -2.44. The van der Waals surface area contributed by atoms with Crippen molar-refractivity contribution in [1.82, 2.24) is 10.2 Å².